The van der Waals surface area contributed by atoms with Gasteiger partial charge in [-0.25, -0.2) is 4.98 Å². The van der Waals surface area contributed by atoms with Crippen LogP contribution in [0.25, 0.3) is 71.3 Å². The monoisotopic (exact) mass is 599 g/mol. The molecule has 1 atom stereocenters. The van der Waals surface area contributed by atoms with E-state index in [1.165, 1.54) is 55.5 Å². The lowest BCUT2D eigenvalue weighted by atomic mass is 9.88. The van der Waals surface area contributed by atoms with Crippen LogP contribution in [-0.2, 0) is 0 Å². The van der Waals surface area contributed by atoms with Gasteiger partial charge in [-0.3, -0.25) is 4.98 Å². The molecular weight excluding hydrogens is 571 g/mol. The highest BCUT2D eigenvalue weighted by Crippen LogP contribution is 2.48. The first-order valence-corrected chi connectivity index (χ1v) is 16.3. The van der Waals surface area contributed by atoms with Crippen molar-refractivity contribution in [1.29, 1.82) is 0 Å². The average Bonchev–Trinajstić information content (AvgIpc) is 3.48. The Morgan fingerprint density at radius 2 is 1.40 bits per heavy atom. The van der Waals surface area contributed by atoms with E-state index in [2.05, 4.69) is 151 Å². The van der Waals surface area contributed by atoms with Gasteiger partial charge in [0.25, 0.3) is 0 Å². The summed E-state index contributed by atoms with van der Waals surface area (Å²) in [7, 11) is 0. The molecule has 2 aliphatic rings. The Hall–Kier alpha value is -6.06. The molecule has 3 heteroatoms. The van der Waals surface area contributed by atoms with Crippen molar-refractivity contribution in [2.24, 2.45) is 0 Å². The second kappa shape index (κ2) is 10.2. The van der Waals surface area contributed by atoms with E-state index in [1.54, 1.807) is 0 Å². The third-order valence-corrected chi connectivity index (χ3v) is 9.97. The quantitative estimate of drug-likeness (QED) is 0.149. The Bertz CT molecular complexity index is 2630. The third kappa shape index (κ3) is 3.93. The molecule has 1 aliphatic heterocycles. The van der Waals surface area contributed by atoms with Crippen LogP contribution in [0.15, 0.2) is 158 Å². The van der Waals surface area contributed by atoms with E-state index in [9.17, 15) is 0 Å². The summed E-state index contributed by atoms with van der Waals surface area (Å²) in [6, 6.07) is 48.6. The van der Waals surface area contributed by atoms with Crippen LogP contribution >= 0.6 is 0 Å². The van der Waals surface area contributed by atoms with E-state index < -0.39 is 0 Å². The Labute approximate surface area is 272 Å². The number of allylic oxidation sites excluding steroid dienone is 2. The van der Waals surface area contributed by atoms with Crippen molar-refractivity contribution in [3.8, 4) is 22.3 Å². The van der Waals surface area contributed by atoms with Gasteiger partial charge in [-0.15, -0.1) is 0 Å². The van der Waals surface area contributed by atoms with E-state index in [1.807, 2.05) is 12.3 Å². The fourth-order valence-corrected chi connectivity index (χ4v) is 7.92. The maximum atomic E-state index is 5.15. The molecule has 0 N–H and O–H groups in total. The maximum absolute atomic E-state index is 5.15. The molecular formula is C44H29N3. The summed E-state index contributed by atoms with van der Waals surface area (Å²) < 4.78 is 0. The van der Waals surface area contributed by atoms with Gasteiger partial charge in [-0.2, -0.15) is 0 Å². The summed E-state index contributed by atoms with van der Waals surface area (Å²) in [4.78, 5) is 12.5. The smallest absolute Gasteiger partial charge is 0.0978 e. The molecule has 6 aromatic carbocycles. The lowest BCUT2D eigenvalue weighted by Crippen LogP contribution is -2.27. The molecule has 220 valence electrons. The Morgan fingerprint density at radius 3 is 2.34 bits per heavy atom. The van der Waals surface area contributed by atoms with Crippen LogP contribution < -0.4 is 4.90 Å². The Morgan fingerprint density at radius 1 is 0.596 bits per heavy atom. The summed E-state index contributed by atoms with van der Waals surface area (Å²) in [5, 5.41) is 5.82. The number of aromatic nitrogens is 2. The summed E-state index contributed by atoms with van der Waals surface area (Å²) in [6.07, 6.45) is 9.63. The SMILES string of the molecule is C1=CCC2C(=C1)c1ccccc1N2c1cccc(-c2ccc(-c3c4ccccc4nc4c3ccc3cccnc34)c3ccccc23)c1. The predicted octanol–water partition coefficient (Wildman–Crippen LogP) is 11.3. The molecule has 0 fully saturated rings. The van der Waals surface area contributed by atoms with Crippen LogP contribution in [0.1, 0.15) is 12.0 Å². The molecule has 0 bridgehead atoms. The molecule has 8 aromatic rings. The first kappa shape index (κ1) is 26.2. The lowest BCUT2D eigenvalue weighted by molar-refractivity contribution is 0.829. The van der Waals surface area contributed by atoms with Crippen molar-refractivity contribution in [2.75, 3.05) is 4.90 Å². The molecule has 3 heterocycles. The molecule has 1 unspecified atom stereocenters. The zero-order chi connectivity index (χ0) is 30.9. The van der Waals surface area contributed by atoms with Gasteiger partial charge in [0.15, 0.2) is 0 Å². The number of hydrogen-bond donors (Lipinski definition) is 0. The largest absolute Gasteiger partial charge is 0.333 e. The van der Waals surface area contributed by atoms with Crippen LogP contribution in [0.3, 0.4) is 0 Å². The van der Waals surface area contributed by atoms with Gasteiger partial charge in [-0.05, 0) is 69.8 Å². The van der Waals surface area contributed by atoms with E-state index in [-0.39, 0.29) is 0 Å². The average molecular weight is 600 g/mol. The highest BCUT2D eigenvalue weighted by molar-refractivity contribution is 6.20. The number of para-hydroxylation sites is 2. The Kier molecular flexibility index (Phi) is 5.70. The Balaban J connectivity index is 1.18. The van der Waals surface area contributed by atoms with Gasteiger partial charge in [0.05, 0.1) is 22.6 Å². The summed E-state index contributed by atoms with van der Waals surface area (Å²) in [5.74, 6) is 0. The standard InChI is InChI=1S/C44H29N3/c1-2-15-33-32(14-1)31(29-11-9-13-30(27-29)47-40-20-7-4-16-34(40)35-17-5-8-21-41(35)47)24-25-36(33)42-37-18-3-6-19-39(37)46-44-38(42)23-22-28-12-10-26-45-43(28)44/h1-20,22-27,41H,21H2. The molecule has 3 nitrogen and oxygen atoms in total. The normalized spacial score (nSPS) is 15.4. The third-order valence-electron chi connectivity index (χ3n) is 9.97. The van der Waals surface area contributed by atoms with Gasteiger partial charge in [0, 0.05) is 44.9 Å². The molecule has 0 saturated heterocycles. The van der Waals surface area contributed by atoms with Crippen molar-refractivity contribution in [1.82, 2.24) is 9.97 Å². The molecule has 2 aromatic heterocycles. The summed E-state index contributed by atoms with van der Waals surface area (Å²) in [5.41, 5.74) is 12.9. The summed E-state index contributed by atoms with van der Waals surface area (Å²) in [6.45, 7) is 0. The lowest BCUT2D eigenvalue weighted by Gasteiger charge is -2.29. The molecule has 10 rings (SSSR count). The van der Waals surface area contributed by atoms with Crippen molar-refractivity contribution in [3.05, 3.63) is 163 Å². The molecule has 1 aliphatic carbocycles. The number of hydrogen-bond acceptors (Lipinski definition) is 3. The highest BCUT2D eigenvalue weighted by Gasteiger charge is 2.34. The zero-order valence-corrected chi connectivity index (χ0v) is 25.6. The first-order chi connectivity index (χ1) is 23.3. The molecule has 0 amide bonds. The van der Waals surface area contributed by atoms with E-state index in [0.29, 0.717) is 6.04 Å². The minimum atomic E-state index is 0.311. The van der Waals surface area contributed by atoms with Gasteiger partial charge in [0.2, 0.25) is 0 Å². The number of anilines is 2. The van der Waals surface area contributed by atoms with Crippen LogP contribution in [0.5, 0.6) is 0 Å². The minimum absolute atomic E-state index is 0.311. The second-order valence-corrected chi connectivity index (χ2v) is 12.5. The van der Waals surface area contributed by atoms with Crippen molar-refractivity contribution >= 4 is 60.4 Å². The van der Waals surface area contributed by atoms with Crippen molar-refractivity contribution < 1.29 is 0 Å². The highest BCUT2D eigenvalue weighted by atomic mass is 15.2. The van der Waals surface area contributed by atoms with Crippen LogP contribution in [0.2, 0.25) is 0 Å². The fourth-order valence-electron chi connectivity index (χ4n) is 7.92. The predicted molar refractivity (Wildman–Crippen MR) is 197 cm³/mol. The van der Waals surface area contributed by atoms with Crippen molar-refractivity contribution in [2.45, 2.75) is 12.5 Å². The number of rotatable bonds is 3. The van der Waals surface area contributed by atoms with Gasteiger partial charge < -0.3 is 4.90 Å². The van der Waals surface area contributed by atoms with Crippen LogP contribution in [0, 0.1) is 0 Å². The number of benzene rings is 6. The van der Waals surface area contributed by atoms with E-state index >= 15 is 0 Å². The topological polar surface area (TPSA) is 29.0 Å². The maximum Gasteiger partial charge on any atom is 0.0978 e. The van der Waals surface area contributed by atoms with Gasteiger partial charge in [-0.1, -0.05) is 121 Å². The molecule has 0 spiro atoms. The number of nitrogens with zero attached hydrogens (tertiary/aromatic N) is 3. The molecule has 0 radical (unpaired) electrons. The van der Waals surface area contributed by atoms with E-state index in [4.69, 9.17) is 9.97 Å². The van der Waals surface area contributed by atoms with Crippen LogP contribution in [0.4, 0.5) is 11.4 Å². The molecule has 0 saturated carbocycles. The molecule has 47 heavy (non-hydrogen) atoms. The van der Waals surface area contributed by atoms with Gasteiger partial charge in [0.1, 0.15) is 0 Å². The first-order valence-electron chi connectivity index (χ1n) is 16.3. The van der Waals surface area contributed by atoms with Gasteiger partial charge >= 0.3 is 0 Å². The minimum Gasteiger partial charge on any atom is -0.333 e. The van der Waals surface area contributed by atoms with E-state index in [0.717, 1.165) is 39.1 Å². The number of fused-ring (bicyclic) bond motifs is 8. The van der Waals surface area contributed by atoms with Crippen molar-refractivity contribution in [3.63, 3.8) is 0 Å². The van der Waals surface area contributed by atoms with Crippen LogP contribution in [-0.4, -0.2) is 16.0 Å². The second-order valence-electron chi connectivity index (χ2n) is 12.5. The fraction of sp³-hybridized carbons (Fsp3) is 0.0455. The number of pyridine rings is 2. The summed E-state index contributed by atoms with van der Waals surface area (Å²) >= 11 is 0. The zero-order valence-electron chi connectivity index (χ0n) is 25.6.